The van der Waals surface area contributed by atoms with Crippen LogP contribution in [0.1, 0.15) is 18.1 Å². The van der Waals surface area contributed by atoms with Gasteiger partial charge in [-0.15, -0.1) is 24.0 Å². The Labute approximate surface area is 182 Å². The standard InChI is InChI=1S/C20H26FN3O3.HI/c1-5-22-20(23-12-14-7-6-8-15(21)9-14)24-13-17-18(26-3)10-16(25-2)11-19(17)27-4;/h6-11H,5,12-13H2,1-4H3,(H2,22,23,24);1H. The smallest absolute Gasteiger partial charge is 0.191 e. The van der Waals surface area contributed by atoms with E-state index in [9.17, 15) is 4.39 Å². The summed E-state index contributed by atoms with van der Waals surface area (Å²) >= 11 is 0. The maximum atomic E-state index is 13.3. The molecule has 154 valence electrons. The number of hydrogen-bond acceptors (Lipinski definition) is 4. The molecule has 0 amide bonds. The summed E-state index contributed by atoms with van der Waals surface area (Å²) < 4.78 is 29.5. The summed E-state index contributed by atoms with van der Waals surface area (Å²) in [5.74, 6) is 2.30. The van der Waals surface area contributed by atoms with Gasteiger partial charge in [-0.1, -0.05) is 12.1 Å². The highest BCUT2D eigenvalue weighted by Gasteiger charge is 2.13. The van der Waals surface area contributed by atoms with Gasteiger partial charge in [-0.05, 0) is 24.6 Å². The molecule has 2 rings (SSSR count). The zero-order chi connectivity index (χ0) is 19.6. The molecule has 0 aromatic heterocycles. The molecular weight excluding hydrogens is 476 g/mol. The Balaban J connectivity index is 0.00000392. The number of methoxy groups -OCH3 is 3. The van der Waals surface area contributed by atoms with Gasteiger partial charge in [-0.25, -0.2) is 9.38 Å². The Bertz CT molecular complexity index is 762. The second-order valence-electron chi connectivity index (χ2n) is 5.69. The maximum absolute atomic E-state index is 13.3. The number of guanidine groups is 1. The summed E-state index contributed by atoms with van der Waals surface area (Å²) in [6, 6.07) is 10.0. The topological polar surface area (TPSA) is 64.1 Å². The van der Waals surface area contributed by atoms with Gasteiger partial charge < -0.3 is 24.8 Å². The summed E-state index contributed by atoms with van der Waals surface area (Å²) in [7, 11) is 4.79. The molecule has 0 aliphatic rings. The van der Waals surface area contributed by atoms with Gasteiger partial charge in [0.25, 0.3) is 0 Å². The largest absolute Gasteiger partial charge is 0.496 e. The van der Waals surface area contributed by atoms with E-state index in [2.05, 4.69) is 15.6 Å². The van der Waals surface area contributed by atoms with Crippen LogP contribution in [0.15, 0.2) is 41.4 Å². The predicted molar refractivity (Wildman–Crippen MR) is 120 cm³/mol. The first-order chi connectivity index (χ1) is 13.1. The van der Waals surface area contributed by atoms with Crippen molar-refractivity contribution >= 4 is 29.9 Å². The van der Waals surface area contributed by atoms with Crippen molar-refractivity contribution in [1.29, 1.82) is 0 Å². The van der Waals surface area contributed by atoms with Crippen LogP contribution in [-0.2, 0) is 13.1 Å². The van der Waals surface area contributed by atoms with Crippen molar-refractivity contribution in [3.63, 3.8) is 0 Å². The van der Waals surface area contributed by atoms with Gasteiger partial charge in [-0.3, -0.25) is 0 Å². The van der Waals surface area contributed by atoms with E-state index in [1.165, 1.54) is 12.1 Å². The molecule has 2 N–H and O–H groups in total. The van der Waals surface area contributed by atoms with Crippen molar-refractivity contribution in [3.05, 3.63) is 53.3 Å². The predicted octanol–water partition coefficient (Wildman–Crippen LogP) is 3.72. The number of aliphatic imine (C=N–C) groups is 1. The van der Waals surface area contributed by atoms with Crippen molar-refractivity contribution in [2.75, 3.05) is 27.9 Å². The molecule has 0 atom stereocenters. The molecule has 0 spiro atoms. The molecule has 0 unspecified atom stereocenters. The molecule has 0 aliphatic heterocycles. The van der Waals surface area contributed by atoms with E-state index < -0.39 is 0 Å². The average Bonchev–Trinajstić information content (AvgIpc) is 2.69. The number of ether oxygens (including phenoxy) is 3. The van der Waals surface area contributed by atoms with E-state index in [1.807, 2.05) is 13.0 Å². The van der Waals surface area contributed by atoms with Crippen LogP contribution in [0.5, 0.6) is 17.2 Å². The fraction of sp³-hybridized carbons (Fsp3) is 0.350. The minimum absolute atomic E-state index is 0. The Morgan fingerprint density at radius 3 is 2.21 bits per heavy atom. The van der Waals surface area contributed by atoms with E-state index in [0.717, 1.165) is 11.1 Å². The summed E-state index contributed by atoms with van der Waals surface area (Å²) in [5, 5.41) is 6.43. The average molecular weight is 503 g/mol. The Morgan fingerprint density at radius 1 is 1.00 bits per heavy atom. The molecule has 0 saturated carbocycles. The molecular formula is C20H27FIN3O3. The normalized spacial score (nSPS) is 10.7. The highest BCUT2D eigenvalue weighted by molar-refractivity contribution is 14.0. The van der Waals surface area contributed by atoms with Gasteiger partial charge >= 0.3 is 0 Å². The first kappa shape index (κ1) is 23.8. The van der Waals surface area contributed by atoms with Crippen molar-refractivity contribution in [2.45, 2.75) is 20.0 Å². The zero-order valence-electron chi connectivity index (χ0n) is 16.5. The summed E-state index contributed by atoms with van der Waals surface area (Å²) in [6.07, 6.45) is 0. The van der Waals surface area contributed by atoms with Gasteiger partial charge in [0, 0.05) is 18.7 Å². The third-order valence-corrected chi connectivity index (χ3v) is 3.90. The van der Waals surface area contributed by atoms with Crippen LogP contribution in [0.2, 0.25) is 0 Å². The number of hydrogen-bond donors (Lipinski definition) is 2. The molecule has 2 aromatic rings. The highest BCUT2D eigenvalue weighted by atomic mass is 127. The molecule has 0 radical (unpaired) electrons. The van der Waals surface area contributed by atoms with Crippen LogP contribution in [0.4, 0.5) is 4.39 Å². The fourth-order valence-corrected chi connectivity index (χ4v) is 2.57. The highest BCUT2D eigenvalue weighted by Crippen LogP contribution is 2.33. The molecule has 8 heteroatoms. The minimum atomic E-state index is -0.270. The van der Waals surface area contributed by atoms with Gasteiger partial charge in [-0.2, -0.15) is 0 Å². The molecule has 28 heavy (non-hydrogen) atoms. The monoisotopic (exact) mass is 503 g/mol. The second-order valence-corrected chi connectivity index (χ2v) is 5.69. The van der Waals surface area contributed by atoms with Crippen LogP contribution in [0.25, 0.3) is 0 Å². The first-order valence-corrected chi connectivity index (χ1v) is 8.66. The summed E-state index contributed by atoms with van der Waals surface area (Å²) in [4.78, 5) is 4.51. The van der Waals surface area contributed by atoms with E-state index >= 15 is 0 Å². The van der Waals surface area contributed by atoms with Crippen molar-refractivity contribution in [3.8, 4) is 17.2 Å². The van der Waals surface area contributed by atoms with Crippen molar-refractivity contribution < 1.29 is 18.6 Å². The number of benzene rings is 2. The third-order valence-electron chi connectivity index (χ3n) is 3.90. The van der Waals surface area contributed by atoms with Crippen LogP contribution >= 0.6 is 24.0 Å². The maximum Gasteiger partial charge on any atom is 0.191 e. The van der Waals surface area contributed by atoms with Gasteiger partial charge in [0.2, 0.25) is 0 Å². The van der Waals surface area contributed by atoms with E-state index in [-0.39, 0.29) is 29.8 Å². The lowest BCUT2D eigenvalue weighted by Gasteiger charge is -2.17. The number of nitrogens with one attached hydrogen (secondary N) is 2. The quantitative estimate of drug-likeness (QED) is 0.327. The molecule has 0 bridgehead atoms. The number of rotatable bonds is 8. The molecule has 0 heterocycles. The Kier molecular flexibility index (Phi) is 10.4. The van der Waals surface area contributed by atoms with Crippen molar-refractivity contribution in [1.82, 2.24) is 10.6 Å². The molecule has 0 aliphatic carbocycles. The van der Waals surface area contributed by atoms with Gasteiger partial charge in [0.05, 0.1) is 40.0 Å². The molecule has 0 fully saturated rings. The van der Waals surface area contributed by atoms with E-state index in [4.69, 9.17) is 14.2 Å². The zero-order valence-corrected chi connectivity index (χ0v) is 18.9. The fourth-order valence-electron chi connectivity index (χ4n) is 2.57. The van der Waals surface area contributed by atoms with Crippen LogP contribution in [0, 0.1) is 5.82 Å². The second kappa shape index (κ2) is 12.3. The van der Waals surface area contributed by atoms with Crippen molar-refractivity contribution in [2.24, 2.45) is 4.99 Å². The lowest BCUT2D eigenvalue weighted by Crippen LogP contribution is -2.37. The summed E-state index contributed by atoms with van der Waals surface area (Å²) in [6.45, 7) is 3.48. The van der Waals surface area contributed by atoms with Crippen LogP contribution in [0.3, 0.4) is 0 Å². The SMILES string of the molecule is CCNC(=NCc1cccc(F)c1)NCc1c(OC)cc(OC)cc1OC.I. The lowest BCUT2D eigenvalue weighted by molar-refractivity contribution is 0.368. The number of halogens is 2. The van der Waals surface area contributed by atoms with E-state index in [1.54, 1.807) is 39.5 Å². The minimum Gasteiger partial charge on any atom is -0.496 e. The van der Waals surface area contributed by atoms with Crippen LogP contribution < -0.4 is 24.8 Å². The van der Waals surface area contributed by atoms with E-state index in [0.29, 0.717) is 42.8 Å². The third kappa shape index (κ3) is 6.74. The summed E-state index contributed by atoms with van der Waals surface area (Å²) in [5.41, 5.74) is 1.64. The molecule has 0 saturated heterocycles. The Morgan fingerprint density at radius 2 is 1.68 bits per heavy atom. The van der Waals surface area contributed by atoms with Gasteiger partial charge in [0.15, 0.2) is 5.96 Å². The first-order valence-electron chi connectivity index (χ1n) is 8.66. The molecule has 6 nitrogen and oxygen atoms in total. The lowest BCUT2D eigenvalue weighted by atomic mass is 10.1. The van der Waals surface area contributed by atoms with Crippen LogP contribution in [-0.4, -0.2) is 33.8 Å². The molecule has 2 aromatic carbocycles. The number of nitrogens with zero attached hydrogens (tertiary/aromatic N) is 1. The van der Waals surface area contributed by atoms with Gasteiger partial charge in [0.1, 0.15) is 23.1 Å². The Hall–Kier alpha value is -2.23.